The van der Waals surface area contributed by atoms with Gasteiger partial charge in [-0.3, -0.25) is 0 Å². The van der Waals surface area contributed by atoms with Gasteiger partial charge in [0, 0.05) is 37.1 Å². The standard InChI is InChI=1S/C10H17N3S/c1-13-6-3-9(8-13)11-4-2-10-12-5-7-14-10/h5,7,9,11H,2-4,6,8H2,1H3. The Bertz CT molecular complexity index is 260. The molecule has 1 atom stereocenters. The molecule has 0 spiro atoms. The summed E-state index contributed by atoms with van der Waals surface area (Å²) < 4.78 is 0. The number of hydrogen-bond acceptors (Lipinski definition) is 4. The minimum Gasteiger partial charge on any atom is -0.312 e. The second kappa shape index (κ2) is 4.87. The van der Waals surface area contributed by atoms with E-state index >= 15 is 0 Å². The van der Waals surface area contributed by atoms with Crippen LogP contribution in [0.1, 0.15) is 11.4 Å². The first-order chi connectivity index (χ1) is 6.84. The average molecular weight is 211 g/mol. The van der Waals surface area contributed by atoms with E-state index in [9.17, 15) is 0 Å². The molecule has 1 N–H and O–H groups in total. The van der Waals surface area contributed by atoms with Gasteiger partial charge in [-0.05, 0) is 20.0 Å². The Kier molecular flexibility index (Phi) is 3.50. The van der Waals surface area contributed by atoms with Crippen molar-refractivity contribution in [3.05, 3.63) is 16.6 Å². The molecule has 0 amide bonds. The largest absolute Gasteiger partial charge is 0.312 e. The van der Waals surface area contributed by atoms with E-state index in [1.165, 1.54) is 24.5 Å². The first-order valence-electron chi connectivity index (χ1n) is 5.15. The molecule has 78 valence electrons. The van der Waals surface area contributed by atoms with Crippen molar-refractivity contribution in [2.45, 2.75) is 18.9 Å². The summed E-state index contributed by atoms with van der Waals surface area (Å²) in [7, 11) is 2.18. The maximum atomic E-state index is 4.26. The third kappa shape index (κ3) is 2.77. The first-order valence-corrected chi connectivity index (χ1v) is 6.03. The molecule has 1 aliphatic rings. The summed E-state index contributed by atoms with van der Waals surface area (Å²) >= 11 is 1.74. The fraction of sp³-hybridized carbons (Fsp3) is 0.700. The lowest BCUT2D eigenvalue weighted by molar-refractivity contribution is 0.398. The Morgan fingerprint density at radius 3 is 3.29 bits per heavy atom. The van der Waals surface area contributed by atoms with Gasteiger partial charge in [0.2, 0.25) is 0 Å². The molecule has 3 nitrogen and oxygen atoms in total. The zero-order chi connectivity index (χ0) is 9.80. The van der Waals surface area contributed by atoms with E-state index in [4.69, 9.17) is 0 Å². The van der Waals surface area contributed by atoms with Crippen molar-refractivity contribution < 1.29 is 0 Å². The molecule has 1 aromatic heterocycles. The average Bonchev–Trinajstić information content (AvgIpc) is 2.77. The first kappa shape index (κ1) is 10.1. The summed E-state index contributed by atoms with van der Waals surface area (Å²) in [5.74, 6) is 0. The van der Waals surface area contributed by atoms with Crippen molar-refractivity contribution in [3.8, 4) is 0 Å². The van der Waals surface area contributed by atoms with Crippen molar-refractivity contribution in [1.82, 2.24) is 15.2 Å². The van der Waals surface area contributed by atoms with Gasteiger partial charge >= 0.3 is 0 Å². The minimum atomic E-state index is 0.694. The Hall–Kier alpha value is -0.450. The molecule has 0 saturated carbocycles. The van der Waals surface area contributed by atoms with E-state index in [1.807, 2.05) is 11.6 Å². The molecule has 14 heavy (non-hydrogen) atoms. The van der Waals surface area contributed by atoms with Crippen molar-refractivity contribution >= 4 is 11.3 Å². The van der Waals surface area contributed by atoms with Crippen LogP contribution in [0, 0.1) is 0 Å². The van der Waals surface area contributed by atoms with Crippen LogP contribution in [0.3, 0.4) is 0 Å². The van der Waals surface area contributed by atoms with Crippen LogP contribution < -0.4 is 5.32 Å². The molecule has 0 bridgehead atoms. The molecule has 1 aromatic rings. The summed E-state index contributed by atoms with van der Waals surface area (Å²) in [4.78, 5) is 6.64. The predicted molar refractivity (Wildman–Crippen MR) is 59.7 cm³/mol. The Balaban J connectivity index is 1.64. The molecule has 0 aromatic carbocycles. The van der Waals surface area contributed by atoms with Gasteiger partial charge in [0.25, 0.3) is 0 Å². The number of rotatable bonds is 4. The molecule has 2 heterocycles. The molecule has 4 heteroatoms. The lowest BCUT2D eigenvalue weighted by Gasteiger charge is -2.11. The zero-order valence-corrected chi connectivity index (χ0v) is 9.39. The number of hydrogen-bond donors (Lipinski definition) is 1. The maximum absolute atomic E-state index is 4.26. The van der Waals surface area contributed by atoms with Gasteiger partial charge in [0.05, 0.1) is 5.01 Å². The van der Waals surface area contributed by atoms with Gasteiger partial charge in [-0.25, -0.2) is 4.98 Å². The van der Waals surface area contributed by atoms with E-state index in [2.05, 4.69) is 22.2 Å². The fourth-order valence-corrected chi connectivity index (χ4v) is 2.48. The fourth-order valence-electron chi connectivity index (χ4n) is 1.86. The number of likely N-dealkylation sites (N-methyl/N-ethyl adjacent to an activating group) is 1. The van der Waals surface area contributed by atoms with Gasteiger partial charge in [0.1, 0.15) is 0 Å². The Labute approximate surface area is 89.1 Å². The molecule has 1 saturated heterocycles. The molecular formula is C10H17N3S. The molecule has 1 unspecified atom stereocenters. The third-order valence-corrected chi connectivity index (χ3v) is 3.49. The number of thiazole rings is 1. The number of likely N-dealkylation sites (tertiary alicyclic amines) is 1. The Morgan fingerprint density at radius 1 is 1.71 bits per heavy atom. The molecule has 0 radical (unpaired) electrons. The lowest BCUT2D eigenvalue weighted by atomic mass is 10.2. The smallest absolute Gasteiger partial charge is 0.0937 e. The second-order valence-corrected chi connectivity index (χ2v) is 4.86. The van der Waals surface area contributed by atoms with Gasteiger partial charge in [-0.2, -0.15) is 0 Å². The normalized spacial score (nSPS) is 23.1. The highest BCUT2D eigenvalue weighted by Gasteiger charge is 2.17. The predicted octanol–water partition coefficient (Wildman–Crippen LogP) is 0.979. The van der Waals surface area contributed by atoms with Gasteiger partial charge < -0.3 is 10.2 Å². The monoisotopic (exact) mass is 211 g/mol. The highest BCUT2D eigenvalue weighted by Crippen LogP contribution is 2.07. The van der Waals surface area contributed by atoms with E-state index in [0.29, 0.717) is 6.04 Å². The van der Waals surface area contributed by atoms with Crippen LogP contribution >= 0.6 is 11.3 Å². The van der Waals surface area contributed by atoms with Crippen LogP contribution in [0.25, 0.3) is 0 Å². The van der Waals surface area contributed by atoms with Crippen LogP contribution in [0.15, 0.2) is 11.6 Å². The second-order valence-electron chi connectivity index (χ2n) is 3.88. The van der Waals surface area contributed by atoms with E-state index in [1.54, 1.807) is 11.3 Å². The Morgan fingerprint density at radius 2 is 2.64 bits per heavy atom. The maximum Gasteiger partial charge on any atom is 0.0937 e. The van der Waals surface area contributed by atoms with E-state index in [-0.39, 0.29) is 0 Å². The van der Waals surface area contributed by atoms with Crippen LogP contribution in [-0.4, -0.2) is 42.6 Å². The highest BCUT2D eigenvalue weighted by molar-refractivity contribution is 7.09. The van der Waals surface area contributed by atoms with Gasteiger partial charge in [-0.1, -0.05) is 0 Å². The van der Waals surface area contributed by atoms with Crippen molar-refractivity contribution in [2.75, 3.05) is 26.7 Å². The highest BCUT2D eigenvalue weighted by atomic mass is 32.1. The molecule has 1 fully saturated rings. The van der Waals surface area contributed by atoms with Crippen molar-refractivity contribution in [1.29, 1.82) is 0 Å². The lowest BCUT2D eigenvalue weighted by Crippen LogP contribution is -2.32. The van der Waals surface area contributed by atoms with Crippen molar-refractivity contribution in [3.63, 3.8) is 0 Å². The van der Waals surface area contributed by atoms with E-state index < -0.39 is 0 Å². The topological polar surface area (TPSA) is 28.2 Å². The zero-order valence-electron chi connectivity index (χ0n) is 8.57. The molecule has 0 aliphatic carbocycles. The molecular weight excluding hydrogens is 194 g/mol. The van der Waals surface area contributed by atoms with Crippen LogP contribution in [0.2, 0.25) is 0 Å². The molecule has 1 aliphatic heterocycles. The van der Waals surface area contributed by atoms with Gasteiger partial charge in [-0.15, -0.1) is 11.3 Å². The van der Waals surface area contributed by atoms with Crippen molar-refractivity contribution in [2.24, 2.45) is 0 Å². The summed E-state index contributed by atoms with van der Waals surface area (Å²) in [6, 6.07) is 0.694. The van der Waals surface area contributed by atoms with Crippen LogP contribution in [0.5, 0.6) is 0 Å². The quantitative estimate of drug-likeness (QED) is 0.804. The number of nitrogens with one attached hydrogen (secondary N) is 1. The summed E-state index contributed by atoms with van der Waals surface area (Å²) in [5.41, 5.74) is 0. The molecule has 2 rings (SSSR count). The van der Waals surface area contributed by atoms with Crippen LogP contribution in [-0.2, 0) is 6.42 Å². The van der Waals surface area contributed by atoms with Crippen LogP contribution in [0.4, 0.5) is 0 Å². The summed E-state index contributed by atoms with van der Waals surface area (Å²) in [5, 5.41) is 6.86. The number of aromatic nitrogens is 1. The van der Waals surface area contributed by atoms with Gasteiger partial charge in [0.15, 0.2) is 0 Å². The minimum absolute atomic E-state index is 0.694. The summed E-state index contributed by atoms with van der Waals surface area (Å²) in [6.45, 7) is 3.48. The third-order valence-electron chi connectivity index (χ3n) is 2.65. The summed E-state index contributed by atoms with van der Waals surface area (Å²) in [6.07, 6.45) is 4.23. The van der Waals surface area contributed by atoms with E-state index in [0.717, 1.165) is 13.0 Å². The SMILES string of the molecule is CN1CCC(NCCc2nccs2)C1. The number of nitrogens with zero attached hydrogens (tertiary/aromatic N) is 2.